The molecule has 1 rings (SSSR count). The van der Waals surface area contributed by atoms with Gasteiger partial charge in [-0.25, -0.2) is 0 Å². The van der Waals surface area contributed by atoms with Gasteiger partial charge in [-0.2, -0.15) is 0 Å². The number of anilines is 2. The molecule has 0 amide bonds. The van der Waals surface area contributed by atoms with Crippen LogP contribution in [0.2, 0.25) is 0 Å². The van der Waals surface area contributed by atoms with Gasteiger partial charge in [-0.15, -0.1) is 0 Å². The number of para-hydroxylation sites is 2. The normalized spacial score (nSPS) is 13.5. The fraction of sp³-hybridized carbons (Fsp3) is 0.727. The highest BCUT2D eigenvalue weighted by atomic mass is 15.0. The van der Waals surface area contributed by atoms with E-state index in [0.29, 0.717) is 0 Å². The van der Waals surface area contributed by atoms with Crippen molar-refractivity contribution in [2.75, 3.05) is 23.7 Å². The van der Waals surface area contributed by atoms with Crippen molar-refractivity contribution in [3.05, 3.63) is 24.3 Å². The third-order valence-corrected chi connectivity index (χ3v) is 5.18. The van der Waals surface area contributed by atoms with Crippen molar-refractivity contribution >= 4 is 11.4 Å². The van der Waals surface area contributed by atoms with Crippen LogP contribution in [-0.2, 0) is 0 Å². The Balaban J connectivity index is 2.54. The van der Waals surface area contributed by atoms with E-state index < -0.39 is 0 Å². The molecule has 0 aliphatic rings. The average Bonchev–Trinajstić information content (AvgIpc) is 2.63. The van der Waals surface area contributed by atoms with Gasteiger partial charge in [-0.1, -0.05) is 78.4 Å². The van der Waals surface area contributed by atoms with Crippen LogP contribution in [0.3, 0.4) is 0 Å². The largest absolute Gasteiger partial charge is 0.383 e. The predicted octanol–water partition coefficient (Wildman–Crippen LogP) is 6.94. The quantitative estimate of drug-likeness (QED) is 0.385. The van der Waals surface area contributed by atoms with Crippen LogP contribution in [0, 0.1) is 11.8 Å². The second-order valence-corrected chi connectivity index (χ2v) is 7.14. The summed E-state index contributed by atoms with van der Waals surface area (Å²) in [6, 6.07) is 8.69. The maximum absolute atomic E-state index is 3.70. The SMILES string of the molecule is CCCCC(CC)CNc1ccccc1NCC(CC)CCCC. The van der Waals surface area contributed by atoms with Crippen LogP contribution in [0.15, 0.2) is 24.3 Å². The molecule has 0 saturated carbocycles. The monoisotopic (exact) mass is 332 g/mol. The minimum Gasteiger partial charge on any atom is -0.383 e. The number of benzene rings is 1. The van der Waals surface area contributed by atoms with Crippen molar-refractivity contribution in [2.45, 2.75) is 79.1 Å². The number of nitrogens with one attached hydrogen (secondary N) is 2. The van der Waals surface area contributed by atoms with Gasteiger partial charge >= 0.3 is 0 Å². The smallest absolute Gasteiger partial charge is 0.0576 e. The molecule has 2 N–H and O–H groups in total. The lowest BCUT2D eigenvalue weighted by Gasteiger charge is -2.21. The standard InChI is InChI=1S/C22H40N2/c1-5-9-13-19(7-3)17-23-21-15-11-12-16-22(21)24-18-20(8-4)14-10-6-2/h11-12,15-16,19-20,23-24H,5-10,13-14,17-18H2,1-4H3. The second-order valence-electron chi connectivity index (χ2n) is 7.14. The molecule has 0 aliphatic heterocycles. The van der Waals surface area contributed by atoms with Crippen LogP contribution < -0.4 is 10.6 Å². The summed E-state index contributed by atoms with van der Waals surface area (Å²) >= 11 is 0. The molecule has 2 heteroatoms. The van der Waals surface area contributed by atoms with Gasteiger partial charge in [0.05, 0.1) is 11.4 Å². The lowest BCUT2D eigenvalue weighted by Crippen LogP contribution is -2.17. The summed E-state index contributed by atoms with van der Waals surface area (Å²) in [6.45, 7) is 11.4. The van der Waals surface area contributed by atoms with E-state index in [9.17, 15) is 0 Å². The summed E-state index contributed by atoms with van der Waals surface area (Å²) in [4.78, 5) is 0. The van der Waals surface area contributed by atoms with Crippen LogP contribution >= 0.6 is 0 Å². The summed E-state index contributed by atoms with van der Waals surface area (Å²) in [7, 11) is 0. The molecule has 0 radical (unpaired) electrons. The van der Waals surface area contributed by atoms with Gasteiger partial charge in [-0.3, -0.25) is 0 Å². The summed E-state index contributed by atoms with van der Waals surface area (Å²) in [5.74, 6) is 1.57. The van der Waals surface area contributed by atoms with Crippen LogP contribution in [0.4, 0.5) is 11.4 Å². The Morgan fingerprint density at radius 1 is 0.708 bits per heavy atom. The average molecular weight is 333 g/mol. The zero-order valence-corrected chi connectivity index (χ0v) is 16.5. The molecule has 24 heavy (non-hydrogen) atoms. The van der Waals surface area contributed by atoms with E-state index in [4.69, 9.17) is 0 Å². The van der Waals surface area contributed by atoms with E-state index in [1.165, 1.54) is 62.7 Å². The fourth-order valence-electron chi connectivity index (χ4n) is 3.19. The molecule has 1 aromatic rings. The van der Waals surface area contributed by atoms with Crippen LogP contribution in [0.1, 0.15) is 79.1 Å². The predicted molar refractivity (Wildman–Crippen MR) is 110 cm³/mol. The molecule has 0 fully saturated rings. The van der Waals surface area contributed by atoms with Gasteiger partial charge in [0.2, 0.25) is 0 Å². The molecule has 2 nitrogen and oxygen atoms in total. The van der Waals surface area contributed by atoms with Crippen LogP contribution in [0.25, 0.3) is 0 Å². The molecular weight excluding hydrogens is 292 g/mol. The molecule has 2 atom stereocenters. The van der Waals surface area contributed by atoms with Crippen LogP contribution in [-0.4, -0.2) is 13.1 Å². The Hall–Kier alpha value is -1.18. The maximum Gasteiger partial charge on any atom is 0.0576 e. The molecule has 0 aromatic heterocycles. The highest BCUT2D eigenvalue weighted by molar-refractivity contribution is 5.68. The minimum absolute atomic E-state index is 0.783. The Morgan fingerprint density at radius 2 is 1.12 bits per heavy atom. The first-order chi connectivity index (χ1) is 11.7. The topological polar surface area (TPSA) is 24.1 Å². The molecule has 0 aliphatic carbocycles. The van der Waals surface area contributed by atoms with E-state index in [-0.39, 0.29) is 0 Å². The Kier molecular flexibility index (Phi) is 11.4. The van der Waals surface area contributed by atoms with Gasteiger partial charge in [-0.05, 0) is 36.8 Å². The van der Waals surface area contributed by atoms with Crippen LogP contribution in [0.5, 0.6) is 0 Å². The molecule has 0 bridgehead atoms. The first-order valence-electron chi connectivity index (χ1n) is 10.3. The van der Waals surface area contributed by atoms with Gasteiger partial charge in [0.25, 0.3) is 0 Å². The maximum atomic E-state index is 3.70. The number of unbranched alkanes of at least 4 members (excludes halogenated alkanes) is 2. The van der Waals surface area contributed by atoms with Crippen molar-refractivity contribution in [1.82, 2.24) is 0 Å². The van der Waals surface area contributed by atoms with Crippen molar-refractivity contribution in [2.24, 2.45) is 11.8 Å². The van der Waals surface area contributed by atoms with E-state index in [2.05, 4.69) is 62.6 Å². The van der Waals surface area contributed by atoms with Gasteiger partial charge in [0.1, 0.15) is 0 Å². The first-order valence-corrected chi connectivity index (χ1v) is 10.3. The van der Waals surface area contributed by atoms with Crippen molar-refractivity contribution in [3.8, 4) is 0 Å². The number of hydrogen-bond donors (Lipinski definition) is 2. The Bertz CT molecular complexity index is 377. The van der Waals surface area contributed by atoms with Crippen molar-refractivity contribution < 1.29 is 0 Å². The van der Waals surface area contributed by atoms with Gasteiger partial charge in [0.15, 0.2) is 0 Å². The number of rotatable bonds is 14. The zero-order chi connectivity index (χ0) is 17.6. The molecule has 1 aromatic carbocycles. The highest BCUT2D eigenvalue weighted by Gasteiger charge is 2.09. The molecule has 2 unspecified atom stereocenters. The summed E-state index contributed by atoms with van der Waals surface area (Å²) in [6.07, 6.45) is 10.5. The highest BCUT2D eigenvalue weighted by Crippen LogP contribution is 2.24. The second kappa shape index (κ2) is 13.1. The minimum atomic E-state index is 0.783. The van der Waals surface area contributed by atoms with Crippen molar-refractivity contribution in [1.29, 1.82) is 0 Å². The molecule has 0 saturated heterocycles. The summed E-state index contributed by atoms with van der Waals surface area (Å²) in [5.41, 5.74) is 2.52. The lowest BCUT2D eigenvalue weighted by molar-refractivity contribution is 0.471. The third kappa shape index (κ3) is 8.08. The Labute approximate surface area is 150 Å². The molecule has 0 spiro atoms. The zero-order valence-electron chi connectivity index (χ0n) is 16.5. The third-order valence-electron chi connectivity index (χ3n) is 5.18. The van der Waals surface area contributed by atoms with E-state index in [1.807, 2.05) is 0 Å². The summed E-state index contributed by atoms with van der Waals surface area (Å²) in [5, 5.41) is 7.39. The fourth-order valence-corrected chi connectivity index (χ4v) is 3.19. The first kappa shape index (κ1) is 20.9. The Morgan fingerprint density at radius 3 is 1.46 bits per heavy atom. The molecule has 138 valence electrons. The van der Waals surface area contributed by atoms with Gasteiger partial charge in [0, 0.05) is 13.1 Å². The van der Waals surface area contributed by atoms with E-state index >= 15 is 0 Å². The summed E-state index contributed by atoms with van der Waals surface area (Å²) < 4.78 is 0. The van der Waals surface area contributed by atoms with Crippen molar-refractivity contribution in [3.63, 3.8) is 0 Å². The number of hydrogen-bond acceptors (Lipinski definition) is 2. The van der Waals surface area contributed by atoms with E-state index in [1.54, 1.807) is 0 Å². The molecule has 0 heterocycles. The lowest BCUT2D eigenvalue weighted by atomic mass is 9.99. The van der Waals surface area contributed by atoms with Gasteiger partial charge < -0.3 is 10.6 Å². The molecular formula is C22H40N2. The van der Waals surface area contributed by atoms with E-state index in [0.717, 1.165) is 24.9 Å².